The zero-order valence-corrected chi connectivity index (χ0v) is 13.0. The summed E-state index contributed by atoms with van der Waals surface area (Å²) in [5.74, 6) is 0.817. The van der Waals surface area contributed by atoms with Gasteiger partial charge in [-0.25, -0.2) is 0 Å². The van der Waals surface area contributed by atoms with Crippen molar-refractivity contribution < 1.29 is 9.21 Å². The molecule has 3 N–H and O–H groups in total. The van der Waals surface area contributed by atoms with E-state index in [9.17, 15) is 4.79 Å². The molecule has 0 radical (unpaired) electrons. The minimum absolute atomic E-state index is 0.00913. The summed E-state index contributed by atoms with van der Waals surface area (Å²) in [5, 5.41) is 4.08. The van der Waals surface area contributed by atoms with E-state index >= 15 is 0 Å². The van der Waals surface area contributed by atoms with Crippen LogP contribution in [0.15, 0.2) is 28.7 Å². The highest BCUT2D eigenvalue weighted by molar-refractivity contribution is 5.84. The van der Waals surface area contributed by atoms with Crippen molar-refractivity contribution in [3.05, 3.63) is 35.6 Å². The summed E-state index contributed by atoms with van der Waals surface area (Å²) in [6.45, 7) is 6.79. The highest BCUT2D eigenvalue weighted by Gasteiger charge is 2.33. The molecule has 0 atom stereocenters. The Morgan fingerprint density at radius 3 is 2.52 bits per heavy atom. The first kappa shape index (κ1) is 15.6. The van der Waals surface area contributed by atoms with Crippen molar-refractivity contribution >= 4 is 16.9 Å². The Balaban J connectivity index is 2.15. The van der Waals surface area contributed by atoms with Crippen molar-refractivity contribution in [2.24, 2.45) is 11.1 Å². The van der Waals surface area contributed by atoms with Crippen LogP contribution < -0.4 is 11.1 Å². The van der Waals surface area contributed by atoms with Crippen molar-refractivity contribution in [1.82, 2.24) is 5.32 Å². The van der Waals surface area contributed by atoms with Crippen molar-refractivity contribution in [1.29, 1.82) is 0 Å². The second kappa shape index (κ2) is 6.31. The zero-order chi connectivity index (χ0) is 15.5. The number of hydrogen-bond donors (Lipinski definition) is 2. The number of aryl methyl sites for hydroxylation is 1. The van der Waals surface area contributed by atoms with Gasteiger partial charge in [0, 0.05) is 17.5 Å². The smallest absolute Gasteiger partial charge is 0.227 e. The summed E-state index contributed by atoms with van der Waals surface area (Å²) in [6, 6.07) is 7.90. The Kier molecular flexibility index (Phi) is 4.68. The number of nitrogens with one attached hydrogen (secondary N) is 1. The van der Waals surface area contributed by atoms with Crippen molar-refractivity contribution in [2.45, 2.75) is 40.2 Å². The van der Waals surface area contributed by atoms with Gasteiger partial charge >= 0.3 is 0 Å². The van der Waals surface area contributed by atoms with Gasteiger partial charge in [0.15, 0.2) is 0 Å². The number of rotatable bonds is 6. The first-order valence-corrected chi connectivity index (χ1v) is 7.53. The number of fused-ring (bicyclic) bond motifs is 1. The molecule has 4 heteroatoms. The molecule has 2 aromatic rings. The minimum Gasteiger partial charge on any atom is -0.459 e. The minimum atomic E-state index is -0.472. The molecule has 0 aliphatic rings. The van der Waals surface area contributed by atoms with E-state index in [-0.39, 0.29) is 5.91 Å². The molecule has 2 rings (SSSR count). The van der Waals surface area contributed by atoms with Gasteiger partial charge in [0.2, 0.25) is 5.91 Å². The number of nitrogens with two attached hydrogens (primary N) is 1. The molecule has 114 valence electrons. The summed E-state index contributed by atoms with van der Waals surface area (Å²) >= 11 is 0. The Morgan fingerprint density at radius 2 is 1.95 bits per heavy atom. The van der Waals surface area contributed by atoms with Crippen LogP contribution >= 0.6 is 0 Å². The highest BCUT2D eigenvalue weighted by atomic mass is 16.3. The molecule has 0 aliphatic heterocycles. The molecule has 1 aromatic heterocycles. The maximum absolute atomic E-state index is 12.4. The number of furan rings is 1. The number of carbonyl (C=O) groups is 1. The van der Waals surface area contributed by atoms with Crippen molar-refractivity contribution in [3.8, 4) is 0 Å². The summed E-state index contributed by atoms with van der Waals surface area (Å²) in [4.78, 5) is 12.4. The van der Waals surface area contributed by atoms with Crippen LogP contribution in [0.4, 0.5) is 0 Å². The second-order valence-corrected chi connectivity index (χ2v) is 5.52. The molecule has 0 unspecified atom stereocenters. The molecular weight excluding hydrogens is 264 g/mol. The Hall–Kier alpha value is -1.81. The maximum Gasteiger partial charge on any atom is 0.227 e. The van der Waals surface area contributed by atoms with Crippen LogP contribution in [0.25, 0.3) is 11.0 Å². The topological polar surface area (TPSA) is 68.3 Å². The average molecular weight is 288 g/mol. The van der Waals surface area contributed by atoms with E-state index in [1.54, 1.807) is 0 Å². The van der Waals surface area contributed by atoms with Crippen molar-refractivity contribution in [2.75, 3.05) is 6.54 Å². The largest absolute Gasteiger partial charge is 0.459 e. The third kappa shape index (κ3) is 2.81. The van der Waals surface area contributed by atoms with Crippen molar-refractivity contribution in [3.63, 3.8) is 0 Å². The lowest BCUT2D eigenvalue weighted by atomic mass is 9.81. The molecule has 21 heavy (non-hydrogen) atoms. The second-order valence-electron chi connectivity index (χ2n) is 5.52. The third-order valence-corrected chi connectivity index (χ3v) is 4.58. The van der Waals surface area contributed by atoms with Crippen LogP contribution in [0.1, 0.15) is 38.0 Å². The van der Waals surface area contributed by atoms with Gasteiger partial charge in [0.05, 0.1) is 12.0 Å². The van der Waals surface area contributed by atoms with Gasteiger partial charge in [-0.15, -0.1) is 0 Å². The standard InChI is InChI=1S/C17H24N2O2/c1-4-17(5-2,11-18)16(20)19-10-15-12(3)13-8-6-7-9-14(13)21-15/h6-9H,4-5,10-11,18H2,1-3H3,(H,19,20). The van der Waals surface area contributed by atoms with E-state index in [1.165, 1.54) is 0 Å². The van der Waals surface area contributed by atoms with E-state index in [4.69, 9.17) is 10.2 Å². The van der Waals surface area contributed by atoms with E-state index < -0.39 is 5.41 Å². The Bertz CT molecular complexity index is 618. The average Bonchev–Trinajstić information content (AvgIpc) is 2.84. The number of benzene rings is 1. The first-order chi connectivity index (χ1) is 10.1. The first-order valence-electron chi connectivity index (χ1n) is 7.53. The molecule has 1 aromatic carbocycles. The third-order valence-electron chi connectivity index (χ3n) is 4.58. The zero-order valence-electron chi connectivity index (χ0n) is 13.0. The fourth-order valence-corrected chi connectivity index (χ4v) is 2.69. The van der Waals surface area contributed by atoms with Gasteiger partial charge in [-0.3, -0.25) is 4.79 Å². The predicted octanol–water partition coefficient (Wildman–Crippen LogP) is 3.12. The lowest BCUT2D eigenvalue weighted by Gasteiger charge is -2.28. The SMILES string of the molecule is CCC(CC)(CN)C(=O)NCc1oc2ccccc2c1C. The molecule has 0 spiro atoms. The molecule has 4 nitrogen and oxygen atoms in total. The fourth-order valence-electron chi connectivity index (χ4n) is 2.69. The van der Waals surface area contributed by atoms with E-state index in [2.05, 4.69) is 5.32 Å². The Labute approximate surface area is 125 Å². The van der Waals surface area contributed by atoms with Crippen LogP contribution in [0.5, 0.6) is 0 Å². The van der Waals surface area contributed by atoms with Gasteiger partial charge < -0.3 is 15.5 Å². The number of hydrogen-bond acceptors (Lipinski definition) is 3. The summed E-state index contributed by atoms with van der Waals surface area (Å²) < 4.78 is 5.82. The van der Waals surface area contributed by atoms with Gasteiger partial charge in [-0.2, -0.15) is 0 Å². The van der Waals surface area contributed by atoms with Gasteiger partial charge in [-0.05, 0) is 25.8 Å². The van der Waals surface area contributed by atoms with Crippen LogP contribution in [0.3, 0.4) is 0 Å². The lowest BCUT2D eigenvalue weighted by Crippen LogP contribution is -2.45. The number of carbonyl (C=O) groups excluding carboxylic acids is 1. The van der Waals surface area contributed by atoms with E-state index in [1.807, 2.05) is 45.0 Å². The monoisotopic (exact) mass is 288 g/mol. The fraction of sp³-hybridized carbons (Fsp3) is 0.471. The molecule has 0 aliphatic carbocycles. The maximum atomic E-state index is 12.4. The molecule has 1 amide bonds. The number of amides is 1. The normalized spacial score (nSPS) is 11.8. The van der Waals surface area contributed by atoms with E-state index in [0.29, 0.717) is 13.1 Å². The summed E-state index contributed by atoms with van der Waals surface area (Å²) in [6.07, 6.45) is 1.48. The predicted molar refractivity (Wildman–Crippen MR) is 84.9 cm³/mol. The van der Waals surface area contributed by atoms with Crippen LogP contribution in [0, 0.1) is 12.3 Å². The molecule has 0 saturated carbocycles. The quantitative estimate of drug-likeness (QED) is 0.858. The molecule has 0 fully saturated rings. The molecular formula is C17H24N2O2. The highest BCUT2D eigenvalue weighted by Crippen LogP contribution is 2.27. The lowest BCUT2D eigenvalue weighted by molar-refractivity contribution is -0.131. The summed E-state index contributed by atoms with van der Waals surface area (Å²) in [5.41, 5.74) is 7.27. The van der Waals surface area contributed by atoms with Crippen LogP contribution in [-0.2, 0) is 11.3 Å². The van der Waals surface area contributed by atoms with Gasteiger partial charge in [0.1, 0.15) is 11.3 Å². The van der Waals surface area contributed by atoms with Gasteiger partial charge in [0.25, 0.3) is 0 Å². The van der Waals surface area contributed by atoms with Crippen LogP contribution in [-0.4, -0.2) is 12.5 Å². The molecule has 0 saturated heterocycles. The van der Waals surface area contributed by atoms with Crippen LogP contribution in [0.2, 0.25) is 0 Å². The summed E-state index contributed by atoms with van der Waals surface area (Å²) in [7, 11) is 0. The number of para-hydroxylation sites is 1. The molecule has 1 heterocycles. The molecule has 0 bridgehead atoms. The van der Waals surface area contributed by atoms with Gasteiger partial charge in [-0.1, -0.05) is 32.0 Å². The van der Waals surface area contributed by atoms with E-state index in [0.717, 1.165) is 35.1 Å². The Morgan fingerprint density at radius 1 is 1.29 bits per heavy atom.